The molecule has 1 heterocycles. The molecule has 0 radical (unpaired) electrons. The Hall–Kier alpha value is -0.0800. The van der Waals surface area contributed by atoms with Crippen molar-refractivity contribution >= 4 is 0 Å². The molecule has 94 valence electrons. The minimum Gasteiger partial charge on any atom is -0.317 e. The van der Waals surface area contributed by atoms with Gasteiger partial charge in [0.25, 0.3) is 0 Å². The van der Waals surface area contributed by atoms with Crippen molar-refractivity contribution < 1.29 is 0 Å². The third-order valence-corrected chi connectivity index (χ3v) is 4.47. The van der Waals surface area contributed by atoms with Gasteiger partial charge < -0.3 is 10.6 Å². The van der Waals surface area contributed by atoms with Gasteiger partial charge in [-0.1, -0.05) is 13.3 Å². The van der Waals surface area contributed by atoms with Gasteiger partial charge >= 0.3 is 0 Å². The van der Waals surface area contributed by atoms with Gasteiger partial charge in [-0.2, -0.15) is 0 Å². The Kier molecular flexibility index (Phi) is 5.11. The fraction of sp³-hybridized carbons (Fsp3) is 1.00. The van der Waals surface area contributed by atoms with Gasteiger partial charge in [0.05, 0.1) is 0 Å². The van der Waals surface area contributed by atoms with Gasteiger partial charge in [0.15, 0.2) is 0 Å². The van der Waals surface area contributed by atoms with Crippen molar-refractivity contribution in [3.8, 4) is 0 Å². The fourth-order valence-corrected chi connectivity index (χ4v) is 3.26. The summed E-state index contributed by atoms with van der Waals surface area (Å²) >= 11 is 0. The normalized spacial score (nSPS) is 36.9. The van der Waals surface area contributed by atoms with Gasteiger partial charge in [-0.3, -0.25) is 0 Å². The molecular weight excluding hydrogens is 196 g/mol. The lowest BCUT2D eigenvalue weighted by atomic mass is 9.84. The topological polar surface area (TPSA) is 24.1 Å². The molecule has 0 bridgehead atoms. The number of hydrogen-bond acceptors (Lipinski definition) is 2. The Morgan fingerprint density at radius 1 is 0.938 bits per heavy atom. The zero-order chi connectivity index (χ0) is 11.2. The van der Waals surface area contributed by atoms with Crippen LogP contribution in [0.25, 0.3) is 0 Å². The highest BCUT2D eigenvalue weighted by Gasteiger charge is 2.22. The van der Waals surface area contributed by atoms with E-state index in [4.69, 9.17) is 0 Å². The van der Waals surface area contributed by atoms with Gasteiger partial charge in [0.2, 0.25) is 0 Å². The summed E-state index contributed by atoms with van der Waals surface area (Å²) in [5.74, 6) is 1.02. The van der Waals surface area contributed by atoms with Crippen LogP contribution in [0, 0.1) is 5.92 Å². The molecule has 2 heteroatoms. The fourth-order valence-electron chi connectivity index (χ4n) is 3.26. The molecule has 1 saturated heterocycles. The molecular formula is C14H28N2. The second kappa shape index (κ2) is 6.61. The first-order chi connectivity index (χ1) is 7.88. The van der Waals surface area contributed by atoms with E-state index in [9.17, 15) is 0 Å². The molecule has 0 spiro atoms. The van der Waals surface area contributed by atoms with E-state index in [1.807, 2.05) is 0 Å². The van der Waals surface area contributed by atoms with Crippen LogP contribution < -0.4 is 10.6 Å². The smallest absolute Gasteiger partial charge is 0.00822 e. The lowest BCUT2D eigenvalue weighted by Gasteiger charge is -2.31. The van der Waals surface area contributed by atoms with Crippen LogP contribution in [0.5, 0.6) is 0 Å². The third kappa shape index (κ3) is 3.74. The molecule has 0 aromatic carbocycles. The van der Waals surface area contributed by atoms with Crippen LogP contribution >= 0.6 is 0 Å². The SMILES string of the molecule is CCC1CCC(NC2CCCNCC2)CC1. The van der Waals surface area contributed by atoms with E-state index in [2.05, 4.69) is 17.6 Å². The number of nitrogens with one attached hydrogen (secondary N) is 2. The van der Waals surface area contributed by atoms with E-state index in [0.717, 1.165) is 18.0 Å². The summed E-state index contributed by atoms with van der Waals surface area (Å²) in [7, 11) is 0. The zero-order valence-electron chi connectivity index (χ0n) is 10.8. The van der Waals surface area contributed by atoms with Crippen molar-refractivity contribution in [2.75, 3.05) is 13.1 Å². The second-order valence-corrected chi connectivity index (χ2v) is 5.67. The third-order valence-electron chi connectivity index (χ3n) is 4.47. The molecule has 16 heavy (non-hydrogen) atoms. The average Bonchev–Trinajstić information content (AvgIpc) is 2.59. The lowest BCUT2D eigenvalue weighted by Crippen LogP contribution is -2.40. The zero-order valence-corrected chi connectivity index (χ0v) is 10.8. The van der Waals surface area contributed by atoms with Crippen LogP contribution in [-0.4, -0.2) is 25.2 Å². The Morgan fingerprint density at radius 2 is 1.69 bits per heavy atom. The van der Waals surface area contributed by atoms with Crippen molar-refractivity contribution in [3.05, 3.63) is 0 Å². The highest BCUT2D eigenvalue weighted by atomic mass is 15.0. The van der Waals surface area contributed by atoms with Crippen molar-refractivity contribution in [3.63, 3.8) is 0 Å². The van der Waals surface area contributed by atoms with Crippen molar-refractivity contribution in [2.24, 2.45) is 5.92 Å². The number of hydrogen-bond donors (Lipinski definition) is 2. The molecule has 1 aliphatic heterocycles. The highest BCUT2D eigenvalue weighted by Crippen LogP contribution is 2.27. The Bertz CT molecular complexity index is 177. The van der Waals surface area contributed by atoms with Crippen LogP contribution in [0.2, 0.25) is 0 Å². The highest BCUT2D eigenvalue weighted by molar-refractivity contribution is 4.81. The first-order valence-electron chi connectivity index (χ1n) is 7.35. The van der Waals surface area contributed by atoms with Gasteiger partial charge in [-0.05, 0) is 64.0 Å². The maximum Gasteiger partial charge on any atom is 0.00822 e. The molecule has 0 amide bonds. The summed E-state index contributed by atoms with van der Waals surface area (Å²) in [6.45, 7) is 4.78. The Morgan fingerprint density at radius 3 is 2.44 bits per heavy atom. The van der Waals surface area contributed by atoms with E-state index in [0.29, 0.717) is 0 Å². The molecule has 2 rings (SSSR count). The van der Waals surface area contributed by atoms with E-state index in [1.54, 1.807) is 0 Å². The average molecular weight is 224 g/mol. The standard InChI is InChI=1S/C14H28N2/c1-2-12-5-7-14(8-6-12)16-13-4-3-10-15-11-9-13/h12-16H,2-11H2,1H3. The minimum atomic E-state index is 0.790. The molecule has 1 aliphatic carbocycles. The van der Waals surface area contributed by atoms with E-state index >= 15 is 0 Å². The predicted octanol–water partition coefficient (Wildman–Crippen LogP) is 2.69. The van der Waals surface area contributed by atoms with Gasteiger partial charge in [0, 0.05) is 12.1 Å². The molecule has 1 saturated carbocycles. The monoisotopic (exact) mass is 224 g/mol. The van der Waals surface area contributed by atoms with Crippen molar-refractivity contribution in [1.29, 1.82) is 0 Å². The Labute approximate surface area is 101 Å². The molecule has 1 atom stereocenters. The molecule has 2 fully saturated rings. The van der Waals surface area contributed by atoms with Crippen molar-refractivity contribution in [2.45, 2.75) is 70.4 Å². The predicted molar refractivity (Wildman–Crippen MR) is 69.7 cm³/mol. The summed E-state index contributed by atoms with van der Waals surface area (Å²) in [6.07, 6.45) is 11.2. The van der Waals surface area contributed by atoms with E-state index in [1.165, 1.54) is 64.5 Å². The van der Waals surface area contributed by atoms with Crippen LogP contribution in [0.3, 0.4) is 0 Å². The van der Waals surface area contributed by atoms with Crippen LogP contribution in [0.4, 0.5) is 0 Å². The summed E-state index contributed by atoms with van der Waals surface area (Å²) in [6, 6.07) is 1.61. The molecule has 2 nitrogen and oxygen atoms in total. The van der Waals surface area contributed by atoms with Crippen LogP contribution in [0.15, 0.2) is 0 Å². The molecule has 0 aromatic rings. The summed E-state index contributed by atoms with van der Waals surface area (Å²) in [5.41, 5.74) is 0. The summed E-state index contributed by atoms with van der Waals surface area (Å²) < 4.78 is 0. The minimum absolute atomic E-state index is 0.790. The van der Waals surface area contributed by atoms with E-state index in [-0.39, 0.29) is 0 Å². The number of rotatable bonds is 3. The summed E-state index contributed by atoms with van der Waals surface area (Å²) in [5, 5.41) is 7.39. The summed E-state index contributed by atoms with van der Waals surface area (Å²) in [4.78, 5) is 0. The van der Waals surface area contributed by atoms with Gasteiger partial charge in [-0.15, -0.1) is 0 Å². The van der Waals surface area contributed by atoms with Gasteiger partial charge in [-0.25, -0.2) is 0 Å². The van der Waals surface area contributed by atoms with E-state index < -0.39 is 0 Å². The second-order valence-electron chi connectivity index (χ2n) is 5.67. The van der Waals surface area contributed by atoms with Crippen LogP contribution in [-0.2, 0) is 0 Å². The quantitative estimate of drug-likeness (QED) is 0.770. The maximum atomic E-state index is 3.90. The van der Waals surface area contributed by atoms with Crippen LogP contribution in [0.1, 0.15) is 58.3 Å². The molecule has 2 N–H and O–H groups in total. The first-order valence-corrected chi connectivity index (χ1v) is 7.35. The molecule has 0 aromatic heterocycles. The Balaban J connectivity index is 1.69. The van der Waals surface area contributed by atoms with Gasteiger partial charge in [0.1, 0.15) is 0 Å². The first kappa shape index (κ1) is 12.4. The maximum absolute atomic E-state index is 3.90. The lowest BCUT2D eigenvalue weighted by molar-refractivity contribution is 0.263. The van der Waals surface area contributed by atoms with Crippen molar-refractivity contribution in [1.82, 2.24) is 10.6 Å². The largest absolute Gasteiger partial charge is 0.317 e. The molecule has 2 aliphatic rings. The molecule has 1 unspecified atom stereocenters.